The van der Waals surface area contributed by atoms with Crippen molar-refractivity contribution in [1.29, 1.82) is 0 Å². The van der Waals surface area contributed by atoms with Crippen LogP contribution in [0.25, 0.3) is 22.2 Å². The third kappa shape index (κ3) is 0.907. The van der Waals surface area contributed by atoms with Gasteiger partial charge in [0.15, 0.2) is 5.65 Å². The monoisotopic (exact) mass is 184 g/mol. The van der Waals surface area contributed by atoms with Gasteiger partial charge >= 0.3 is 0 Å². The van der Waals surface area contributed by atoms with Crippen LogP contribution in [0.1, 0.15) is 0 Å². The summed E-state index contributed by atoms with van der Waals surface area (Å²) in [7, 11) is 1.87. The van der Waals surface area contributed by atoms with E-state index >= 15 is 0 Å². The van der Waals surface area contributed by atoms with Gasteiger partial charge in [-0.1, -0.05) is 12.1 Å². The van der Waals surface area contributed by atoms with Gasteiger partial charge in [-0.15, -0.1) is 0 Å². The Bertz CT molecular complexity index is 612. The standard InChI is InChI=1S/C10H8N4/c1-14-10-9(6-11-14)12-7-4-2-3-5-8(7)13-10/h2-6H,1H3. The molecule has 0 aliphatic carbocycles. The summed E-state index contributed by atoms with van der Waals surface area (Å²) in [5.41, 5.74) is 3.48. The van der Waals surface area contributed by atoms with Crippen LogP contribution in [0.4, 0.5) is 0 Å². The quantitative estimate of drug-likeness (QED) is 0.532. The SMILES string of the molecule is Cn1ncc2nc3ccccc3nc21. The van der Waals surface area contributed by atoms with Crippen molar-refractivity contribution in [3.05, 3.63) is 30.5 Å². The van der Waals surface area contributed by atoms with Crippen molar-refractivity contribution < 1.29 is 0 Å². The first-order chi connectivity index (χ1) is 6.84. The maximum atomic E-state index is 4.48. The number of aryl methyl sites for hydroxylation is 1. The Kier molecular flexibility index (Phi) is 1.33. The molecule has 4 nitrogen and oxygen atoms in total. The molecular weight excluding hydrogens is 176 g/mol. The predicted molar refractivity (Wildman–Crippen MR) is 53.8 cm³/mol. The molecule has 0 amide bonds. The molecule has 0 N–H and O–H groups in total. The molecule has 14 heavy (non-hydrogen) atoms. The topological polar surface area (TPSA) is 43.6 Å². The molecule has 0 aliphatic rings. The zero-order chi connectivity index (χ0) is 9.54. The van der Waals surface area contributed by atoms with Crippen molar-refractivity contribution >= 4 is 22.2 Å². The molecule has 2 aromatic heterocycles. The van der Waals surface area contributed by atoms with Crippen molar-refractivity contribution in [3.63, 3.8) is 0 Å². The van der Waals surface area contributed by atoms with E-state index in [0.29, 0.717) is 0 Å². The second kappa shape index (κ2) is 2.51. The summed E-state index contributed by atoms with van der Waals surface area (Å²) < 4.78 is 1.73. The first-order valence-corrected chi connectivity index (χ1v) is 4.39. The van der Waals surface area contributed by atoms with Crippen LogP contribution in [0.3, 0.4) is 0 Å². The largest absolute Gasteiger partial charge is 0.249 e. The van der Waals surface area contributed by atoms with Gasteiger partial charge in [0.1, 0.15) is 5.52 Å². The van der Waals surface area contributed by atoms with Crippen LogP contribution in [0, 0.1) is 0 Å². The molecule has 0 saturated heterocycles. The number of aromatic nitrogens is 4. The Hall–Kier alpha value is -1.97. The van der Waals surface area contributed by atoms with E-state index in [-0.39, 0.29) is 0 Å². The molecule has 68 valence electrons. The number of hydrogen-bond acceptors (Lipinski definition) is 3. The minimum atomic E-state index is 0.823. The Labute approximate surface area is 80.2 Å². The van der Waals surface area contributed by atoms with E-state index in [9.17, 15) is 0 Å². The van der Waals surface area contributed by atoms with Gasteiger partial charge in [-0.25, -0.2) is 14.6 Å². The van der Waals surface area contributed by atoms with Gasteiger partial charge in [0, 0.05) is 7.05 Å². The normalized spacial score (nSPS) is 11.2. The van der Waals surface area contributed by atoms with E-state index in [4.69, 9.17) is 0 Å². The molecule has 0 aliphatic heterocycles. The minimum Gasteiger partial charge on any atom is -0.249 e. The van der Waals surface area contributed by atoms with Crippen LogP contribution in [0.2, 0.25) is 0 Å². The van der Waals surface area contributed by atoms with Gasteiger partial charge in [-0.2, -0.15) is 5.10 Å². The summed E-state index contributed by atoms with van der Waals surface area (Å²) in [6.45, 7) is 0. The third-order valence-corrected chi connectivity index (χ3v) is 2.24. The highest BCUT2D eigenvalue weighted by molar-refractivity contribution is 5.83. The molecule has 0 fully saturated rings. The Balaban J connectivity index is 2.54. The fraction of sp³-hybridized carbons (Fsp3) is 0.100. The summed E-state index contributed by atoms with van der Waals surface area (Å²) in [6, 6.07) is 7.82. The zero-order valence-corrected chi connectivity index (χ0v) is 7.68. The molecule has 0 saturated carbocycles. The van der Waals surface area contributed by atoms with Gasteiger partial charge in [0.05, 0.1) is 17.2 Å². The maximum Gasteiger partial charge on any atom is 0.177 e. The number of rotatable bonds is 0. The van der Waals surface area contributed by atoms with Gasteiger partial charge < -0.3 is 0 Å². The molecule has 0 unspecified atom stereocenters. The van der Waals surface area contributed by atoms with Gasteiger partial charge in [0.2, 0.25) is 0 Å². The number of para-hydroxylation sites is 2. The van der Waals surface area contributed by atoms with E-state index in [1.807, 2.05) is 31.3 Å². The average Bonchev–Trinajstić information content (AvgIpc) is 2.57. The van der Waals surface area contributed by atoms with Gasteiger partial charge in [-0.3, -0.25) is 0 Å². The highest BCUT2D eigenvalue weighted by atomic mass is 15.3. The number of benzene rings is 1. The summed E-state index contributed by atoms with van der Waals surface area (Å²) in [5, 5.41) is 4.11. The molecule has 0 atom stereocenters. The van der Waals surface area contributed by atoms with Crippen LogP contribution >= 0.6 is 0 Å². The number of nitrogens with zero attached hydrogens (tertiary/aromatic N) is 4. The summed E-state index contributed by atoms with van der Waals surface area (Å²) in [5.74, 6) is 0. The first-order valence-electron chi connectivity index (χ1n) is 4.39. The van der Waals surface area contributed by atoms with E-state index in [1.54, 1.807) is 10.9 Å². The van der Waals surface area contributed by atoms with Crippen LogP contribution in [-0.2, 0) is 7.05 Å². The van der Waals surface area contributed by atoms with E-state index in [0.717, 1.165) is 22.2 Å². The van der Waals surface area contributed by atoms with Crippen LogP contribution < -0.4 is 0 Å². The summed E-state index contributed by atoms with van der Waals surface area (Å²) in [4.78, 5) is 8.93. The average molecular weight is 184 g/mol. The van der Waals surface area contributed by atoms with Crippen molar-refractivity contribution in [2.75, 3.05) is 0 Å². The smallest absolute Gasteiger partial charge is 0.177 e. The Morgan fingerprint density at radius 1 is 1.00 bits per heavy atom. The molecule has 2 heterocycles. The lowest BCUT2D eigenvalue weighted by Crippen LogP contribution is -1.92. The predicted octanol–water partition coefficient (Wildman–Crippen LogP) is 1.52. The summed E-state index contributed by atoms with van der Waals surface area (Å²) in [6.07, 6.45) is 1.73. The fourth-order valence-electron chi connectivity index (χ4n) is 1.53. The third-order valence-electron chi connectivity index (χ3n) is 2.24. The fourth-order valence-corrected chi connectivity index (χ4v) is 1.53. The molecule has 3 rings (SSSR count). The molecule has 3 aromatic rings. The van der Waals surface area contributed by atoms with Crippen molar-refractivity contribution in [2.45, 2.75) is 0 Å². The van der Waals surface area contributed by atoms with Gasteiger partial charge in [0.25, 0.3) is 0 Å². The second-order valence-corrected chi connectivity index (χ2v) is 3.19. The number of fused-ring (bicyclic) bond motifs is 2. The summed E-state index contributed by atoms with van der Waals surface area (Å²) >= 11 is 0. The van der Waals surface area contributed by atoms with E-state index < -0.39 is 0 Å². The maximum absolute atomic E-state index is 4.48. The van der Waals surface area contributed by atoms with Crippen molar-refractivity contribution in [3.8, 4) is 0 Å². The molecule has 0 bridgehead atoms. The lowest BCUT2D eigenvalue weighted by Gasteiger charge is -1.96. The molecular formula is C10H8N4. The first kappa shape index (κ1) is 7.44. The lowest BCUT2D eigenvalue weighted by atomic mass is 10.3. The highest BCUT2D eigenvalue weighted by Crippen LogP contribution is 2.14. The molecule has 0 radical (unpaired) electrons. The van der Waals surface area contributed by atoms with Crippen LogP contribution in [0.15, 0.2) is 30.5 Å². The second-order valence-electron chi connectivity index (χ2n) is 3.19. The molecule has 0 spiro atoms. The van der Waals surface area contributed by atoms with E-state index in [2.05, 4.69) is 15.1 Å². The Morgan fingerprint density at radius 2 is 1.71 bits per heavy atom. The van der Waals surface area contributed by atoms with Crippen molar-refractivity contribution in [2.24, 2.45) is 7.05 Å². The van der Waals surface area contributed by atoms with Gasteiger partial charge in [-0.05, 0) is 12.1 Å². The number of hydrogen-bond donors (Lipinski definition) is 0. The minimum absolute atomic E-state index is 0.823. The lowest BCUT2D eigenvalue weighted by molar-refractivity contribution is 0.787. The van der Waals surface area contributed by atoms with Crippen LogP contribution in [0.5, 0.6) is 0 Å². The van der Waals surface area contributed by atoms with Crippen molar-refractivity contribution in [1.82, 2.24) is 19.7 Å². The Morgan fingerprint density at radius 3 is 2.50 bits per heavy atom. The van der Waals surface area contributed by atoms with E-state index in [1.165, 1.54) is 0 Å². The molecule has 4 heteroatoms. The highest BCUT2D eigenvalue weighted by Gasteiger charge is 2.03. The zero-order valence-electron chi connectivity index (χ0n) is 7.68. The van der Waals surface area contributed by atoms with Crippen LogP contribution in [-0.4, -0.2) is 19.7 Å². The molecule has 1 aromatic carbocycles.